The predicted octanol–water partition coefficient (Wildman–Crippen LogP) is 0.855. The number of rotatable bonds is 8. The molecule has 0 saturated heterocycles. The second-order valence-corrected chi connectivity index (χ2v) is 5.23. The van der Waals surface area contributed by atoms with E-state index in [-0.39, 0.29) is 0 Å². The maximum atomic E-state index is 2.23. The van der Waals surface area contributed by atoms with Crippen molar-refractivity contribution in [3.8, 4) is 0 Å². The molecular formula is C14H22I+. The van der Waals surface area contributed by atoms with E-state index in [0.29, 0.717) is 0 Å². The van der Waals surface area contributed by atoms with Crippen LogP contribution in [0.5, 0.6) is 0 Å². The van der Waals surface area contributed by atoms with Crippen molar-refractivity contribution in [3.63, 3.8) is 0 Å². The number of aryl methyl sites for hydroxylation is 1. The number of unbranched alkanes of at least 4 members (excludes halogenated alkanes) is 5. The number of hydrogen-bond acceptors (Lipinski definition) is 0. The average molecular weight is 317 g/mol. The molecule has 1 rings (SSSR count). The summed E-state index contributed by atoms with van der Waals surface area (Å²) in [5.74, 6) is 0. The number of benzene rings is 1. The van der Waals surface area contributed by atoms with Gasteiger partial charge in [0.15, 0.2) is 0 Å². The Labute approximate surface area is 108 Å². The van der Waals surface area contributed by atoms with Crippen molar-refractivity contribution in [1.82, 2.24) is 0 Å². The quantitative estimate of drug-likeness (QED) is 0.379. The summed E-state index contributed by atoms with van der Waals surface area (Å²) in [6.45, 7) is 0. The van der Waals surface area contributed by atoms with Crippen LogP contribution in [0, 0.1) is 0 Å². The molecule has 0 aliphatic rings. The molecule has 0 aliphatic carbocycles. The highest BCUT2D eigenvalue weighted by Crippen LogP contribution is 2.09. The fourth-order valence-electron chi connectivity index (χ4n) is 1.78. The van der Waals surface area contributed by atoms with E-state index in [1.807, 2.05) is 0 Å². The molecule has 0 aromatic heterocycles. The van der Waals surface area contributed by atoms with E-state index >= 15 is 0 Å². The number of hydrogen-bond donors (Lipinski definition) is 0. The van der Waals surface area contributed by atoms with E-state index in [9.17, 15) is 0 Å². The Morgan fingerprint density at radius 2 is 1.33 bits per heavy atom. The highest BCUT2D eigenvalue weighted by atomic mass is 127. The first-order valence-electron chi connectivity index (χ1n) is 6.05. The van der Waals surface area contributed by atoms with Crippen molar-refractivity contribution in [2.24, 2.45) is 0 Å². The van der Waals surface area contributed by atoms with Crippen LogP contribution in [0.4, 0.5) is 0 Å². The van der Waals surface area contributed by atoms with Gasteiger partial charge >= 0.3 is 0 Å². The highest BCUT2D eigenvalue weighted by Gasteiger charge is 1.94. The van der Waals surface area contributed by atoms with Crippen LogP contribution in [0.25, 0.3) is 0 Å². The van der Waals surface area contributed by atoms with Gasteiger partial charge in [-0.15, -0.1) is 0 Å². The predicted molar refractivity (Wildman–Crippen MR) is 64.1 cm³/mol. The third kappa shape index (κ3) is 6.93. The maximum absolute atomic E-state index is 2.23. The lowest BCUT2D eigenvalue weighted by Gasteiger charge is -2.01. The molecule has 0 N–H and O–H groups in total. The van der Waals surface area contributed by atoms with Gasteiger partial charge in [0.05, 0.1) is 0 Å². The summed E-state index contributed by atoms with van der Waals surface area (Å²) in [6.07, 6.45) is 9.73. The van der Waals surface area contributed by atoms with Gasteiger partial charge < -0.3 is 0 Å². The topological polar surface area (TPSA) is 0 Å². The summed E-state index contributed by atoms with van der Waals surface area (Å²) in [5.41, 5.74) is 1.49. The van der Waals surface area contributed by atoms with Crippen molar-refractivity contribution in [2.75, 3.05) is 4.43 Å². The van der Waals surface area contributed by atoms with Gasteiger partial charge in [0.2, 0.25) is 0 Å². The zero-order chi connectivity index (χ0) is 10.8. The number of halogens is 1. The molecule has 0 saturated carbocycles. The Morgan fingerprint density at radius 3 is 2.00 bits per heavy atom. The summed E-state index contributed by atoms with van der Waals surface area (Å²) >= 11 is 2.21. The first-order chi connectivity index (χ1) is 7.43. The second-order valence-electron chi connectivity index (χ2n) is 4.06. The summed E-state index contributed by atoms with van der Waals surface area (Å²) in [5, 5.41) is 0. The van der Waals surface area contributed by atoms with Gasteiger partial charge in [-0.25, -0.2) is 0 Å². The lowest BCUT2D eigenvalue weighted by atomic mass is 10.1. The molecule has 15 heavy (non-hydrogen) atoms. The Morgan fingerprint density at radius 1 is 0.733 bits per heavy atom. The average Bonchev–Trinajstić information content (AvgIpc) is 2.29. The van der Waals surface area contributed by atoms with Gasteiger partial charge in [-0.3, -0.25) is 0 Å². The van der Waals surface area contributed by atoms with Crippen LogP contribution in [-0.4, -0.2) is 4.43 Å². The zero-order valence-corrected chi connectivity index (χ0v) is 11.8. The van der Waals surface area contributed by atoms with Gasteiger partial charge in [-0.1, -0.05) is 49.6 Å². The van der Waals surface area contributed by atoms with Crippen molar-refractivity contribution < 1.29 is 22.6 Å². The van der Waals surface area contributed by atoms with Crippen LogP contribution in [-0.2, 0) is 6.42 Å². The molecule has 0 bridgehead atoms. The lowest BCUT2D eigenvalue weighted by molar-refractivity contribution is -0.368. The van der Waals surface area contributed by atoms with E-state index in [2.05, 4.69) is 52.9 Å². The minimum Gasteiger partial charge on any atom is -0.0622 e. The fraction of sp³-hybridized carbons (Fsp3) is 0.571. The van der Waals surface area contributed by atoms with Crippen LogP contribution in [0.2, 0.25) is 0 Å². The molecule has 84 valence electrons. The Bertz CT molecular complexity index is 230. The molecule has 1 heteroatoms. The normalized spacial score (nSPS) is 10.5. The largest absolute Gasteiger partial charge is 0.252 e. The Hall–Kier alpha value is -0.0500. The minimum absolute atomic E-state index is 1.26. The molecular weight excluding hydrogens is 295 g/mol. The Balaban J connectivity index is 1.93. The summed E-state index contributed by atoms with van der Waals surface area (Å²) in [7, 11) is 0. The fourth-order valence-corrected chi connectivity index (χ4v) is 2.37. The van der Waals surface area contributed by atoms with Crippen molar-refractivity contribution in [2.45, 2.75) is 44.9 Å². The van der Waals surface area contributed by atoms with Gasteiger partial charge in [-0.2, -0.15) is 0 Å². The standard InChI is InChI=1S/C14H22I/c15-13-9-4-2-1-3-6-10-14-11-7-5-8-12-14/h5,7-8,11-12,15H,1-4,6,9-10,13H2/q+1. The summed E-state index contributed by atoms with van der Waals surface area (Å²) in [4.78, 5) is 0. The van der Waals surface area contributed by atoms with Crippen LogP contribution in [0.3, 0.4) is 0 Å². The zero-order valence-electron chi connectivity index (χ0n) is 9.45. The third-order valence-corrected chi connectivity index (χ3v) is 3.53. The molecule has 0 aliphatic heterocycles. The molecule has 0 nitrogen and oxygen atoms in total. The van der Waals surface area contributed by atoms with Gasteiger partial charge in [0, 0.05) is 0 Å². The smallest absolute Gasteiger partial charge is 0.0622 e. The van der Waals surface area contributed by atoms with Gasteiger partial charge in [0.25, 0.3) is 22.6 Å². The number of alkyl halides is 1. The van der Waals surface area contributed by atoms with E-state index in [0.717, 1.165) is 0 Å². The van der Waals surface area contributed by atoms with Crippen molar-refractivity contribution >= 4 is 0 Å². The van der Waals surface area contributed by atoms with Crippen LogP contribution < -0.4 is 22.6 Å². The highest BCUT2D eigenvalue weighted by molar-refractivity contribution is 5.14. The van der Waals surface area contributed by atoms with E-state index in [4.69, 9.17) is 0 Å². The Kier molecular flexibility index (Phi) is 7.98. The second kappa shape index (κ2) is 9.20. The molecule has 0 atom stereocenters. The molecule has 0 radical (unpaired) electrons. The van der Waals surface area contributed by atoms with E-state index in [1.165, 1.54) is 54.9 Å². The van der Waals surface area contributed by atoms with Gasteiger partial charge in [0.1, 0.15) is 4.43 Å². The summed E-state index contributed by atoms with van der Waals surface area (Å²) < 4.78 is 1.36. The maximum Gasteiger partial charge on any atom is 0.252 e. The third-order valence-electron chi connectivity index (χ3n) is 2.70. The molecule has 0 fully saturated rings. The molecule has 0 unspecified atom stereocenters. The SMILES string of the molecule is [IH+]CCCCCCCCc1ccccc1. The molecule has 1 aromatic carbocycles. The van der Waals surface area contributed by atoms with Crippen molar-refractivity contribution in [3.05, 3.63) is 35.9 Å². The lowest BCUT2D eigenvalue weighted by Crippen LogP contribution is -3.35. The molecule has 1 aromatic rings. The van der Waals surface area contributed by atoms with Crippen LogP contribution in [0.15, 0.2) is 30.3 Å². The van der Waals surface area contributed by atoms with Crippen LogP contribution in [0.1, 0.15) is 44.1 Å². The first-order valence-corrected chi connectivity index (χ1v) is 7.70. The van der Waals surface area contributed by atoms with Crippen LogP contribution >= 0.6 is 0 Å². The molecule has 0 heterocycles. The van der Waals surface area contributed by atoms with E-state index in [1.54, 1.807) is 0 Å². The first kappa shape index (κ1) is 13.0. The van der Waals surface area contributed by atoms with Crippen molar-refractivity contribution in [1.29, 1.82) is 0 Å². The summed E-state index contributed by atoms with van der Waals surface area (Å²) in [6, 6.07) is 10.8. The molecule has 0 amide bonds. The molecule has 0 spiro atoms. The van der Waals surface area contributed by atoms with E-state index < -0.39 is 0 Å². The van der Waals surface area contributed by atoms with Gasteiger partial charge in [-0.05, 0) is 31.2 Å². The minimum atomic E-state index is 1.26. The monoisotopic (exact) mass is 317 g/mol.